The summed E-state index contributed by atoms with van der Waals surface area (Å²) in [7, 11) is 0. The first-order valence-corrected chi connectivity index (χ1v) is 9.95. The summed E-state index contributed by atoms with van der Waals surface area (Å²) in [4.78, 5) is 5.47. The quantitative estimate of drug-likeness (QED) is 0.863. The van der Waals surface area contributed by atoms with Gasteiger partial charge in [-0.05, 0) is 70.6 Å². The van der Waals surface area contributed by atoms with E-state index in [-0.39, 0.29) is 0 Å². The molecule has 2 fully saturated rings. The molecule has 24 heavy (non-hydrogen) atoms. The molecule has 0 spiro atoms. The highest BCUT2D eigenvalue weighted by molar-refractivity contribution is 5.14. The third kappa shape index (κ3) is 5.05. The number of likely N-dealkylation sites (tertiary alicyclic amines) is 1. The molecule has 2 unspecified atom stereocenters. The van der Waals surface area contributed by atoms with E-state index >= 15 is 0 Å². The maximum atomic E-state index is 3.59. The number of rotatable bonds is 6. The molecule has 1 N–H and O–H groups in total. The van der Waals surface area contributed by atoms with Crippen molar-refractivity contribution in [3.63, 3.8) is 0 Å². The summed E-state index contributed by atoms with van der Waals surface area (Å²) in [6.45, 7) is 12.0. The van der Waals surface area contributed by atoms with Gasteiger partial charge in [0, 0.05) is 31.7 Å². The van der Waals surface area contributed by atoms with Gasteiger partial charge in [-0.15, -0.1) is 0 Å². The minimum Gasteiger partial charge on any atom is -0.316 e. The van der Waals surface area contributed by atoms with Crippen LogP contribution in [0.1, 0.15) is 45.1 Å². The molecular weight excluding hydrogens is 294 g/mol. The maximum absolute atomic E-state index is 3.59. The van der Waals surface area contributed by atoms with Crippen LogP contribution in [0.5, 0.6) is 0 Å². The zero-order valence-electron chi connectivity index (χ0n) is 15.6. The van der Waals surface area contributed by atoms with Crippen LogP contribution < -0.4 is 5.32 Å². The summed E-state index contributed by atoms with van der Waals surface area (Å²) < 4.78 is 0. The van der Waals surface area contributed by atoms with E-state index in [9.17, 15) is 0 Å². The molecule has 1 aromatic rings. The van der Waals surface area contributed by atoms with Gasteiger partial charge >= 0.3 is 0 Å². The Balaban J connectivity index is 1.58. The molecule has 0 amide bonds. The fraction of sp³-hybridized carbons (Fsp3) is 0.714. The van der Waals surface area contributed by atoms with Crippen molar-refractivity contribution >= 4 is 0 Å². The van der Waals surface area contributed by atoms with Gasteiger partial charge in [-0.3, -0.25) is 9.80 Å². The van der Waals surface area contributed by atoms with E-state index in [4.69, 9.17) is 0 Å². The molecule has 1 aromatic carbocycles. The van der Waals surface area contributed by atoms with Gasteiger partial charge in [-0.1, -0.05) is 30.3 Å². The Hall–Kier alpha value is -0.900. The van der Waals surface area contributed by atoms with Crippen LogP contribution in [0.15, 0.2) is 30.3 Å². The molecule has 2 atom stereocenters. The van der Waals surface area contributed by atoms with Crippen LogP contribution in [-0.4, -0.2) is 54.6 Å². The summed E-state index contributed by atoms with van der Waals surface area (Å²) in [5.41, 5.74) is 1.45. The number of hydrogen-bond acceptors (Lipinski definition) is 3. The van der Waals surface area contributed by atoms with Crippen LogP contribution >= 0.6 is 0 Å². The fourth-order valence-corrected chi connectivity index (χ4v) is 4.45. The molecule has 3 heteroatoms. The van der Waals surface area contributed by atoms with Crippen LogP contribution in [0.4, 0.5) is 0 Å². The second-order valence-electron chi connectivity index (χ2n) is 8.02. The molecule has 3 nitrogen and oxygen atoms in total. The van der Waals surface area contributed by atoms with Gasteiger partial charge < -0.3 is 5.32 Å². The number of hydrogen-bond donors (Lipinski definition) is 1. The Morgan fingerprint density at radius 1 is 1.17 bits per heavy atom. The van der Waals surface area contributed by atoms with E-state index in [0.29, 0.717) is 6.04 Å². The lowest BCUT2D eigenvalue weighted by Crippen LogP contribution is -2.52. The van der Waals surface area contributed by atoms with E-state index in [1.807, 2.05) is 0 Å². The summed E-state index contributed by atoms with van der Waals surface area (Å²) in [6.07, 6.45) is 5.45. The normalized spacial score (nSPS) is 26.2. The zero-order chi connectivity index (χ0) is 16.8. The van der Waals surface area contributed by atoms with E-state index in [1.54, 1.807) is 0 Å². The van der Waals surface area contributed by atoms with Crippen molar-refractivity contribution in [2.75, 3.05) is 32.7 Å². The second-order valence-corrected chi connectivity index (χ2v) is 8.02. The first kappa shape index (κ1) is 17.9. The molecule has 3 rings (SSSR count). The minimum absolute atomic E-state index is 0.647. The van der Waals surface area contributed by atoms with Crippen LogP contribution in [0, 0.1) is 5.92 Å². The lowest BCUT2D eigenvalue weighted by atomic mass is 9.95. The third-order valence-corrected chi connectivity index (χ3v) is 5.73. The highest BCUT2D eigenvalue weighted by Gasteiger charge is 2.29. The monoisotopic (exact) mass is 329 g/mol. The maximum Gasteiger partial charge on any atom is 0.0234 e. The number of piperidine rings is 2. The van der Waals surface area contributed by atoms with Crippen molar-refractivity contribution in [2.24, 2.45) is 5.92 Å². The van der Waals surface area contributed by atoms with Crippen molar-refractivity contribution in [2.45, 2.75) is 58.2 Å². The molecule has 0 radical (unpaired) electrons. The van der Waals surface area contributed by atoms with E-state index < -0.39 is 0 Å². The van der Waals surface area contributed by atoms with E-state index in [0.717, 1.165) is 18.5 Å². The molecule has 0 saturated carbocycles. The molecular formula is C21H35N3. The third-order valence-electron chi connectivity index (χ3n) is 5.73. The Morgan fingerprint density at radius 3 is 2.71 bits per heavy atom. The highest BCUT2D eigenvalue weighted by atomic mass is 15.2. The van der Waals surface area contributed by atoms with Gasteiger partial charge in [-0.2, -0.15) is 0 Å². The van der Waals surface area contributed by atoms with Crippen LogP contribution in [-0.2, 0) is 6.54 Å². The van der Waals surface area contributed by atoms with Crippen LogP contribution in [0.3, 0.4) is 0 Å². The standard InChI is InChI=1S/C21H35N3/c1-18(2)24(16-20-10-6-12-22-14-20)21-11-7-13-23(17-21)15-19-8-4-3-5-9-19/h3-5,8-9,18,20-22H,6-7,10-17H2,1-2H3. The average Bonchev–Trinajstić information content (AvgIpc) is 2.61. The van der Waals surface area contributed by atoms with Crippen molar-refractivity contribution in [1.82, 2.24) is 15.1 Å². The molecule has 0 aromatic heterocycles. The first-order valence-electron chi connectivity index (χ1n) is 9.95. The Labute approximate surface area is 148 Å². The molecule has 2 aliphatic rings. The smallest absolute Gasteiger partial charge is 0.0234 e. The Kier molecular flexibility index (Phi) is 6.70. The SMILES string of the molecule is CC(C)N(CC1CCCNC1)C1CCCN(Cc2ccccc2)C1. The summed E-state index contributed by atoms with van der Waals surface area (Å²) in [5, 5.41) is 3.59. The molecule has 0 aliphatic carbocycles. The van der Waals surface area contributed by atoms with Crippen LogP contribution in [0.2, 0.25) is 0 Å². The highest BCUT2D eigenvalue weighted by Crippen LogP contribution is 2.22. The van der Waals surface area contributed by atoms with Gasteiger partial charge in [0.2, 0.25) is 0 Å². The first-order chi connectivity index (χ1) is 11.7. The minimum atomic E-state index is 0.647. The molecule has 2 saturated heterocycles. The van der Waals surface area contributed by atoms with Gasteiger partial charge in [0.05, 0.1) is 0 Å². The predicted octanol–water partition coefficient (Wildman–Crippen LogP) is 3.36. The molecule has 2 heterocycles. The number of benzene rings is 1. The lowest BCUT2D eigenvalue weighted by molar-refractivity contribution is 0.0554. The summed E-state index contributed by atoms with van der Waals surface area (Å²) >= 11 is 0. The van der Waals surface area contributed by atoms with Gasteiger partial charge in [0.1, 0.15) is 0 Å². The second kappa shape index (κ2) is 8.98. The Morgan fingerprint density at radius 2 is 2.00 bits per heavy atom. The summed E-state index contributed by atoms with van der Waals surface area (Å²) in [6, 6.07) is 12.3. The molecule has 2 aliphatic heterocycles. The number of nitrogens with one attached hydrogen (secondary N) is 1. The topological polar surface area (TPSA) is 18.5 Å². The molecule has 0 bridgehead atoms. The van der Waals surface area contributed by atoms with Gasteiger partial charge in [-0.25, -0.2) is 0 Å². The largest absolute Gasteiger partial charge is 0.316 e. The Bertz CT molecular complexity index is 467. The predicted molar refractivity (Wildman–Crippen MR) is 102 cm³/mol. The van der Waals surface area contributed by atoms with E-state index in [1.165, 1.54) is 64.0 Å². The number of nitrogens with zero attached hydrogens (tertiary/aromatic N) is 2. The van der Waals surface area contributed by atoms with Crippen LogP contribution in [0.25, 0.3) is 0 Å². The average molecular weight is 330 g/mol. The van der Waals surface area contributed by atoms with Gasteiger partial charge in [0.15, 0.2) is 0 Å². The van der Waals surface area contributed by atoms with Crippen molar-refractivity contribution in [3.8, 4) is 0 Å². The van der Waals surface area contributed by atoms with Gasteiger partial charge in [0.25, 0.3) is 0 Å². The zero-order valence-corrected chi connectivity index (χ0v) is 15.6. The molecule has 134 valence electrons. The van der Waals surface area contributed by atoms with Crippen molar-refractivity contribution < 1.29 is 0 Å². The van der Waals surface area contributed by atoms with E-state index in [2.05, 4.69) is 59.3 Å². The van der Waals surface area contributed by atoms with Crippen molar-refractivity contribution in [3.05, 3.63) is 35.9 Å². The summed E-state index contributed by atoms with van der Waals surface area (Å²) in [5.74, 6) is 0.839. The van der Waals surface area contributed by atoms with Crippen molar-refractivity contribution in [1.29, 1.82) is 0 Å². The lowest BCUT2D eigenvalue weighted by Gasteiger charge is -2.43. The fourth-order valence-electron chi connectivity index (χ4n) is 4.45.